The molecule has 126 valence electrons. The molecule has 0 spiro atoms. The molecule has 2 N–H and O–H groups in total. The Kier molecular flexibility index (Phi) is 5.52. The molecule has 3 rings (SSSR count). The van der Waals surface area contributed by atoms with Crippen molar-refractivity contribution in [2.24, 2.45) is 17.6 Å². The Bertz CT molecular complexity index is 509. The molecule has 0 aliphatic heterocycles. The largest absolute Gasteiger partial charge is 0.478 e. The van der Waals surface area contributed by atoms with Crippen LogP contribution in [0.15, 0.2) is 18.3 Å². The molecule has 2 aliphatic rings. The Hall–Kier alpha value is -1.58. The molecule has 2 unspecified atom stereocenters. The fraction of sp³-hybridized carbons (Fsp3) is 0.684. The van der Waals surface area contributed by atoms with Crippen molar-refractivity contribution in [3.8, 4) is 5.88 Å². The van der Waals surface area contributed by atoms with Gasteiger partial charge in [0.1, 0.15) is 0 Å². The lowest BCUT2D eigenvalue weighted by Crippen LogP contribution is -2.20. The third kappa shape index (κ3) is 4.46. The molecule has 23 heavy (non-hydrogen) atoms. The van der Waals surface area contributed by atoms with Crippen molar-refractivity contribution in [2.45, 2.75) is 63.7 Å². The summed E-state index contributed by atoms with van der Waals surface area (Å²) in [5.74, 6) is 1.84. The van der Waals surface area contributed by atoms with Crippen molar-refractivity contribution < 1.29 is 9.53 Å². The molecule has 1 aromatic rings. The topological polar surface area (TPSA) is 65.2 Å². The molecule has 0 radical (unpaired) electrons. The van der Waals surface area contributed by atoms with E-state index >= 15 is 0 Å². The second kappa shape index (κ2) is 7.80. The van der Waals surface area contributed by atoms with Crippen LogP contribution in [0, 0.1) is 11.8 Å². The summed E-state index contributed by atoms with van der Waals surface area (Å²) in [5.41, 5.74) is 6.61. The second-order valence-corrected chi connectivity index (χ2v) is 7.18. The molecule has 1 amide bonds. The molecule has 1 aromatic heterocycles. The summed E-state index contributed by atoms with van der Waals surface area (Å²) in [6.07, 6.45) is 12.7. The molecule has 2 fully saturated rings. The number of hydrogen-bond donors (Lipinski definition) is 1. The van der Waals surface area contributed by atoms with Gasteiger partial charge in [0, 0.05) is 18.2 Å². The van der Waals surface area contributed by atoms with E-state index in [0.29, 0.717) is 11.8 Å². The van der Waals surface area contributed by atoms with Crippen LogP contribution in [0.3, 0.4) is 0 Å². The maximum Gasteiger partial charge on any atom is 0.220 e. The number of nitrogens with zero attached hydrogens (tertiary/aromatic N) is 1. The first-order chi connectivity index (χ1) is 11.2. The van der Waals surface area contributed by atoms with Gasteiger partial charge in [0.15, 0.2) is 0 Å². The van der Waals surface area contributed by atoms with E-state index in [2.05, 4.69) is 11.1 Å². The second-order valence-electron chi connectivity index (χ2n) is 7.18. The Labute approximate surface area is 138 Å². The van der Waals surface area contributed by atoms with Crippen molar-refractivity contribution in [2.75, 3.05) is 6.61 Å². The first kappa shape index (κ1) is 16.3. The van der Waals surface area contributed by atoms with E-state index in [4.69, 9.17) is 10.5 Å². The number of hydrogen-bond acceptors (Lipinski definition) is 3. The van der Waals surface area contributed by atoms with Crippen LogP contribution in [-0.4, -0.2) is 17.5 Å². The predicted molar refractivity (Wildman–Crippen MR) is 90.2 cm³/mol. The predicted octanol–water partition coefficient (Wildman–Crippen LogP) is 3.80. The van der Waals surface area contributed by atoms with Gasteiger partial charge in [0.2, 0.25) is 11.8 Å². The minimum Gasteiger partial charge on any atom is -0.478 e. The van der Waals surface area contributed by atoms with Crippen molar-refractivity contribution in [1.29, 1.82) is 0 Å². The highest BCUT2D eigenvalue weighted by molar-refractivity contribution is 5.77. The Balaban J connectivity index is 1.44. The maximum atomic E-state index is 11.3. The number of aromatic nitrogens is 1. The summed E-state index contributed by atoms with van der Waals surface area (Å²) in [4.78, 5) is 15.7. The number of primary amides is 1. The van der Waals surface area contributed by atoms with Gasteiger partial charge in [-0.15, -0.1) is 0 Å². The molecule has 4 nitrogen and oxygen atoms in total. The summed E-state index contributed by atoms with van der Waals surface area (Å²) >= 11 is 0. The van der Waals surface area contributed by atoms with Gasteiger partial charge in [-0.3, -0.25) is 4.79 Å². The van der Waals surface area contributed by atoms with Crippen LogP contribution in [0.1, 0.15) is 69.3 Å². The standard InChI is InChI=1S/C19H28N2O2/c20-19(22)16-7-6-15(12-16)17-8-9-18(21-13-17)23-11-10-14-4-2-1-3-5-14/h8-9,13-16H,1-7,10-12H2,(H2,20,22). The van der Waals surface area contributed by atoms with E-state index < -0.39 is 0 Å². The number of carbonyl (C=O) groups excluding carboxylic acids is 1. The summed E-state index contributed by atoms with van der Waals surface area (Å²) < 4.78 is 5.80. The zero-order valence-corrected chi connectivity index (χ0v) is 13.9. The highest BCUT2D eigenvalue weighted by Crippen LogP contribution is 2.38. The monoisotopic (exact) mass is 316 g/mol. The Morgan fingerprint density at radius 2 is 2.00 bits per heavy atom. The lowest BCUT2D eigenvalue weighted by molar-refractivity contribution is -0.121. The summed E-state index contributed by atoms with van der Waals surface area (Å²) in [6.45, 7) is 0.768. The van der Waals surface area contributed by atoms with Crippen molar-refractivity contribution >= 4 is 5.91 Å². The van der Waals surface area contributed by atoms with Gasteiger partial charge < -0.3 is 10.5 Å². The summed E-state index contributed by atoms with van der Waals surface area (Å²) in [5, 5.41) is 0. The van der Waals surface area contributed by atoms with E-state index in [1.165, 1.54) is 37.7 Å². The summed E-state index contributed by atoms with van der Waals surface area (Å²) in [7, 11) is 0. The Morgan fingerprint density at radius 3 is 2.65 bits per heavy atom. The molecule has 2 saturated carbocycles. The molecule has 0 aromatic carbocycles. The molecule has 1 heterocycles. The number of nitrogens with two attached hydrogens (primary N) is 1. The van der Waals surface area contributed by atoms with Crippen LogP contribution in [0.2, 0.25) is 0 Å². The van der Waals surface area contributed by atoms with Gasteiger partial charge in [-0.2, -0.15) is 0 Å². The van der Waals surface area contributed by atoms with Crippen LogP contribution < -0.4 is 10.5 Å². The number of ether oxygens (including phenoxy) is 1. The van der Waals surface area contributed by atoms with Crippen LogP contribution in [0.4, 0.5) is 0 Å². The molecule has 0 saturated heterocycles. The average molecular weight is 316 g/mol. The number of carbonyl (C=O) groups is 1. The van der Waals surface area contributed by atoms with Crippen molar-refractivity contribution in [3.05, 3.63) is 23.9 Å². The van der Waals surface area contributed by atoms with Gasteiger partial charge >= 0.3 is 0 Å². The minimum absolute atomic E-state index is 0.0337. The smallest absolute Gasteiger partial charge is 0.220 e. The zero-order valence-electron chi connectivity index (χ0n) is 13.9. The summed E-state index contributed by atoms with van der Waals surface area (Å²) in [6, 6.07) is 4.06. The normalized spacial score (nSPS) is 25.4. The third-order valence-electron chi connectivity index (χ3n) is 5.57. The molecular weight excluding hydrogens is 288 g/mol. The average Bonchev–Trinajstić information content (AvgIpc) is 3.07. The highest BCUT2D eigenvalue weighted by atomic mass is 16.5. The number of amides is 1. The van der Waals surface area contributed by atoms with Gasteiger partial charge in [0.25, 0.3) is 0 Å². The lowest BCUT2D eigenvalue weighted by atomic mass is 9.87. The van der Waals surface area contributed by atoms with Crippen LogP contribution in [0.5, 0.6) is 5.88 Å². The van der Waals surface area contributed by atoms with Gasteiger partial charge in [0.05, 0.1) is 6.61 Å². The van der Waals surface area contributed by atoms with E-state index in [0.717, 1.165) is 38.2 Å². The van der Waals surface area contributed by atoms with E-state index in [9.17, 15) is 4.79 Å². The van der Waals surface area contributed by atoms with E-state index in [-0.39, 0.29) is 11.8 Å². The molecule has 4 heteroatoms. The van der Waals surface area contributed by atoms with Gasteiger partial charge in [-0.25, -0.2) is 4.98 Å². The molecule has 2 aliphatic carbocycles. The minimum atomic E-state index is -0.164. The quantitative estimate of drug-likeness (QED) is 0.868. The Morgan fingerprint density at radius 1 is 1.17 bits per heavy atom. The number of pyridine rings is 1. The molecular formula is C19H28N2O2. The van der Waals surface area contributed by atoms with Gasteiger partial charge in [-0.1, -0.05) is 38.2 Å². The highest BCUT2D eigenvalue weighted by Gasteiger charge is 2.29. The number of rotatable bonds is 6. The van der Waals surface area contributed by atoms with E-state index in [1.807, 2.05) is 12.3 Å². The van der Waals surface area contributed by atoms with Crippen molar-refractivity contribution in [1.82, 2.24) is 4.98 Å². The molecule has 2 atom stereocenters. The van der Waals surface area contributed by atoms with Crippen LogP contribution in [-0.2, 0) is 4.79 Å². The lowest BCUT2D eigenvalue weighted by Gasteiger charge is -2.21. The fourth-order valence-electron chi connectivity index (χ4n) is 4.07. The van der Waals surface area contributed by atoms with Crippen LogP contribution >= 0.6 is 0 Å². The SMILES string of the molecule is NC(=O)C1CCC(c2ccc(OCCC3CCCCC3)nc2)C1. The zero-order chi connectivity index (χ0) is 16.1. The third-order valence-corrected chi connectivity index (χ3v) is 5.57. The first-order valence-corrected chi connectivity index (χ1v) is 9.10. The van der Waals surface area contributed by atoms with E-state index in [1.54, 1.807) is 0 Å². The van der Waals surface area contributed by atoms with Crippen LogP contribution in [0.25, 0.3) is 0 Å². The van der Waals surface area contributed by atoms with Gasteiger partial charge in [-0.05, 0) is 43.1 Å². The van der Waals surface area contributed by atoms with Crippen molar-refractivity contribution in [3.63, 3.8) is 0 Å². The fourth-order valence-corrected chi connectivity index (χ4v) is 4.07. The molecule has 0 bridgehead atoms. The first-order valence-electron chi connectivity index (χ1n) is 9.10. The maximum absolute atomic E-state index is 11.3.